The highest BCUT2D eigenvalue weighted by Gasteiger charge is 2.10. The van der Waals surface area contributed by atoms with E-state index in [1.54, 1.807) is 0 Å². The number of hydrogen-bond donors (Lipinski definition) is 0. The lowest BCUT2D eigenvalue weighted by molar-refractivity contribution is 0.473. The highest BCUT2D eigenvalue weighted by molar-refractivity contribution is 6.20. The van der Waals surface area contributed by atoms with Crippen molar-refractivity contribution in [1.29, 1.82) is 0 Å². The zero-order chi connectivity index (χ0) is 7.98. The standard InChI is InChI=1S/C9H19Cl/c1-4-6-7-8(3)9(10)5-2/h8-9H,4-7H2,1-3H3. The van der Waals surface area contributed by atoms with Gasteiger partial charge in [-0.25, -0.2) is 0 Å². The third-order valence-corrected chi connectivity index (χ3v) is 2.76. The lowest BCUT2D eigenvalue weighted by atomic mass is 9.99. The van der Waals surface area contributed by atoms with Crippen LogP contribution in [0.2, 0.25) is 0 Å². The zero-order valence-corrected chi connectivity index (χ0v) is 8.12. The minimum absolute atomic E-state index is 0.395. The summed E-state index contributed by atoms with van der Waals surface area (Å²) in [5.41, 5.74) is 0. The number of unbranched alkanes of at least 4 members (excludes halogenated alkanes) is 1. The quantitative estimate of drug-likeness (QED) is 0.539. The van der Waals surface area contributed by atoms with Gasteiger partial charge in [0.25, 0.3) is 0 Å². The summed E-state index contributed by atoms with van der Waals surface area (Å²) in [6.45, 7) is 6.62. The van der Waals surface area contributed by atoms with Crippen LogP contribution in [-0.2, 0) is 0 Å². The van der Waals surface area contributed by atoms with Gasteiger partial charge in [-0.2, -0.15) is 0 Å². The number of hydrogen-bond acceptors (Lipinski definition) is 0. The van der Waals surface area contributed by atoms with Crippen LogP contribution in [0.5, 0.6) is 0 Å². The zero-order valence-electron chi connectivity index (χ0n) is 7.36. The van der Waals surface area contributed by atoms with Crippen molar-refractivity contribution in [3.05, 3.63) is 0 Å². The van der Waals surface area contributed by atoms with Crippen LogP contribution in [0, 0.1) is 5.92 Å². The molecule has 0 N–H and O–H groups in total. The van der Waals surface area contributed by atoms with E-state index in [9.17, 15) is 0 Å². The Hall–Kier alpha value is 0.290. The first-order valence-electron chi connectivity index (χ1n) is 4.36. The van der Waals surface area contributed by atoms with E-state index in [2.05, 4.69) is 20.8 Å². The predicted molar refractivity (Wildman–Crippen MR) is 48.6 cm³/mol. The van der Waals surface area contributed by atoms with Gasteiger partial charge in [0, 0.05) is 5.38 Å². The van der Waals surface area contributed by atoms with Crippen LogP contribution in [0.25, 0.3) is 0 Å². The summed E-state index contributed by atoms with van der Waals surface area (Å²) in [7, 11) is 0. The molecule has 0 aliphatic carbocycles. The van der Waals surface area contributed by atoms with Crippen LogP contribution in [0.1, 0.15) is 46.5 Å². The SMILES string of the molecule is CCCCC(C)C(Cl)CC. The largest absolute Gasteiger partial charge is 0.123 e. The molecule has 2 atom stereocenters. The van der Waals surface area contributed by atoms with Gasteiger partial charge < -0.3 is 0 Å². The van der Waals surface area contributed by atoms with E-state index in [0.29, 0.717) is 11.3 Å². The summed E-state index contributed by atoms with van der Waals surface area (Å²) in [6.07, 6.45) is 5.01. The minimum atomic E-state index is 0.395. The van der Waals surface area contributed by atoms with E-state index in [-0.39, 0.29) is 0 Å². The molecular weight excluding hydrogens is 144 g/mol. The van der Waals surface area contributed by atoms with Crippen LogP contribution in [0.15, 0.2) is 0 Å². The molecule has 0 aromatic carbocycles. The summed E-state index contributed by atoms with van der Waals surface area (Å²) >= 11 is 6.05. The summed E-state index contributed by atoms with van der Waals surface area (Å²) in [5, 5.41) is 0.395. The molecule has 0 amide bonds. The van der Waals surface area contributed by atoms with E-state index < -0.39 is 0 Å². The normalized spacial score (nSPS) is 16.8. The highest BCUT2D eigenvalue weighted by Crippen LogP contribution is 2.19. The Morgan fingerprint density at radius 1 is 1.30 bits per heavy atom. The van der Waals surface area contributed by atoms with Crippen molar-refractivity contribution in [1.82, 2.24) is 0 Å². The van der Waals surface area contributed by atoms with Gasteiger partial charge in [0.1, 0.15) is 0 Å². The molecule has 0 rings (SSSR count). The smallest absolute Gasteiger partial charge is 0.0359 e. The summed E-state index contributed by atoms with van der Waals surface area (Å²) in [6, 6.07) is 0. The fraction of sp³-hybridized carbons (Fsp3) is 1.00. The van der Waals surface area contributed by atoms with Crippen molar-refractivity contribution in [2.45, 2.75) is 51.8 Å². The van der Waals surface area contributed by atoms with Gasteiger partial charge in [-0.3, -0.25) is 0 Å². The van der Waals surface area contributed by atoms with E-state index in [1.165, 1.54) is 19.3 Å². The maximum absolute atomic E-state index is 6.05. The molecule has 62 valence electrons. The molecule has 0 spiro atoms. The highest BCUT2D eigenvalue weighted by atomic mass is 35.5. The van der Waals surface area contributed by atoms with Gasteiger partial charge in [-0.1, -0.05) is 33.6 Å². The Morgan fingerprint density at radius 3 is 2.30 bits per heavy atom. The summed E-state index contributed by atoms with van der Waals surface area (Å²) in [5.74, 6) is 0.701. The Morgan fingerprint density at radius 2 is 1.90 bits per heavy atom. The topological polar surface area (TPSA) is 0 Å². The Bertz CT molecular complexity index is 71.1. The third-order valence-electron chi connectivity index (χ3n) is 2.02. The summed E-state index contributed by atoms with van der Waals surface area (Å²) < 4.78 is 0. The van der Waals surface area contributed by atoms with Crippen LogP contribution in [-0.4, -0.2) is 5.38 Å². The third kappa shape index (κ3) is 4.16. The average molecular weight is 163 g/mol. The van der Waals surface area contributed by atoms with Crippen molar-refractivity contribution in [3.8, 4) is 0 Å². The first kappa shape index (κ1) is 10.3. The second kappa shape index (κ2) is 6.03. The molecule has 0 saturated heterocycles. The molecule has 0 nitrogen and oxygen atoms in total. The van der Waals surface area contributed by atoms with E-state index in [1.807, 2.05) is 0 Å². The Labute approximate surface area is 70.0 Å². The molecule has 0 aromatic heterocycles. The molecule has 0 aliphatic heterocycles. The van der Waals surface area contributed by atoms with Gasteiger partial charge in [0.2, 0.25) is 0 Å². The average Bonchev–Trinajstić information content (AvgIpc) is 1.98. The van der Waals surface area contributed by atoms with Crippen LogP contribution >= 0.6 is 11.6 Å². The van der Waals surface area contributed by atoms with Crippen LogP contribution < -0.4 is 0 Å². The van der Waals surface area contributed by atoms with Crippen LogP contribution in [0.3, 0.4) is 0 Å². The molecule has 0 radical (unpaired) electrons. The molecule has 1 heteroatoms. The van der Waals surface area contributed by atoms with E-state index >= 15 is 0 Å². The first-order valence-corrected chi connectivity index (χ1v) is 4.80. The molecule has 2 unspecified atom stereocenters. The van der Waals surface area contributed by atoms with Crippen molar-refractivity contribution >= 4 is 11.6 Å². The number of rotatable bonds is 5. The van der Waals surface area contributed by atoms with E-state index in [0.717, 1.165) is 6.42 Å². The molecule has 10 heavy (non-hydrogen) atoms. The molecular formula is C9H19Cl. The molecule has 0 aromatic rings. The molecule has 0 bridgehead atoms. The molecule has 0 aliphatic rings. The van der Waals surface area contributed by atoms with Crippen molar-refractivity contribution < 1.29 is 0 Å². The molecule has 0 heterocycles. The predicted octanol–water partition coefficient (Wildman–Crippen LogP) is 3.83. The number of halogens is 1. The van der Waals surface area contributed by atoms with Crippen LogP contribution in [0.4, 0.5) is 0 Å². The van der Waals surface area contributed by atoms with Gasteiger partial charge in [0.15, 0.2) is 0 Å². The first-order chi connectivity index (χ1) is 4.72. The molecule has 0 saturated carbocycles. The lowest BCUT2D eigenvalue weighted by Gasteiger charge is -2.14. The fourth-order valence-electron chi connectivity index (χ4n) is 1.11. The van der Waals surface area contributed by atoms with Gasteiger partial charge in [-0.15, -0.1) is 11.6 Å². The minimum Gasteiger partial charge on any atom is -0.123 e. The second-order valence-corrected chi connectivity index (χ2v) is 3.60. The van der Waals surface area contributed by atoms with Crippen molar-refractivity contribution in [2.24, 2.45) is 5.92 Å². The van der Waals surface area contributed by atoms with Crippen molar-refractivity contribution in [2.75, 3.05) is 0 Å². The molecule has 0 fully saturated rings. The van der Waals surface area contributed by atoms with Crippen molar-refractivity contribution in [3.63, 3.8) is 0 Å². The van der Waals surface area contributed by atoms with Gasteiger partial charge >= 0.3 is 0 Å². The van der Waals surface area contributed by atoms with Gasteiger partial charge in [-0.05, 0) is 18.8 Å². The number of alkyl halides is 1. The van der Waals surface area contributed by atoms with Gasteiger partial charge in [0.05, 0.1) is 0 Å². The maximum atomic E-state index is 6.05. The van der Waals surface area contributed by atoms with E-state index in [4.69, 9.17) is 11.6 Å². The Kier molecular flexibility index (Phi) is 6.20. The maximum Gasteiger partial charge on any atom is 0.0359 e. The monoisotopic (exact) mass is 162 g/mol. The summed E-state index contributed by atoms with van der Waals surface area (Å²) in [4.78, 5) is 0. The lowest BCUT2D eigenvalue weighted by Crippen LogP contribution is -2.09. The second-order valence-electron chi connectivity index (χ2n) is 3.04. The Balaban J connectivity index is 3.31. The fourth-order valence-corrected chi connectivity index (χ4v) is 1.24.